The van der Waals surface area contributed by atoms with E-state index in [9.17, 15) is 18.3 Å². The number of phenolic OH excluding ortho intramolecular Hbond substituents is 1. The highest BCUT2D eigenvalue weighted by Crippen LogP contribution is 2.61. The molecule has 0 amide bonds. The highest BCUT2D eigenvalue weighted by Gasteiger charge is 2.72. The van der Waals surface area contributed by atoms with Crippen LogP contribution >= 0.6 is 0 Å². The number of nitrogens with zero attached hydrogens (tertiary/aromatic N) is 1. The smallest absolute Gasteiger partial charge is 0.439 e. The Balaban J connectivity index is 2.03. The van der Waals surface area contributed by atoms with E-state index in [-0.39, 0.29) is 17.1 Å². The molecule has 15 heavy (non-hydrogen) atoms. The number of para-hydroxylation sites is 1. The van der Waals surface area contributed by atoms with Gasteiger partial charge in [0.1, 0.15) is 6.61 Å². The van der Waals surface area contributed by atoms with Gasteiger partial charge in [0.2, 0.25) is 0 Å². The van der Waals surface area contributed by atoms with Crippen molar-refractivity contribution in [1.82, 2.24) is 0 Å². The first-order valence-corrected chi connectivity index (χ1v) is 4.30. The number of hydrogen-bond acceptors (Lipinski definition) is 3. The third-order valence-corrected chi connectivity index (χ3v) is 2.70. The monoisotopic (exact) mass is 217 g/mol. The van der Waals surface area contributed by atoms with Gasteiger partial charge < -0.3 is 9.84 Å². The van der Waals surface area contributed by atoms with Crippen LogP contribution < -0.4 is 4.90 Å². The molecule has 2 heterocycles. The standard InChI is InChI=1S/C9H6F3NO2/c10-9(11,12)8(4-15-8)13-5-2-1-3-6(13)7(5)14/h1-3,14H,4H2. The summed E-state index contributed by atoms with van der Waals surface area (Å²) in [5.74, 6) is -0.100. The van der Waals surface area contributed by atoms with Gasteiger partial charge in [-0.2, -0.15) is 13.2 Å². The van der Waals surface area contributed by atoms with Crippen LogP contribution in [0.4, 0.5) is 24.5 Å². The number of alkyl halides is 3. The van der Waals surface area contributed by atoms with E-state index in [0.29, 0.717) is 0 Å². The van der Waals surface area contributed by atoms with Crippen molar-refractivity contribution in [2.45, 2.75) is 11.9 Å². The summed E-state index contributed by atoms with van der Waals surface area (Å²) in [5, 5.41) is 9.35. The second-order valence-corrected chi connectivity index (χ2v) is 3.55. The molecule has 1 unspecified atom stereocenters. The molecule has 1 aromatic carbocycles. The molecule has 0 aromatic heterocycles. The maximum Gasteiger partial charge on any atom is 0.439 e. The number of hydrogen-bond donors (Lipinski definition) is 1. The van der Waals surface area contributed by atoms with Crippen LogP contribution in [0, 0.1) is 0 Å². The maximum atomic E-state index is 12.7. The van der Waals surface area contributed by atoms with Crippen molar-refractivity contribution in [3.63, 3.8) is 0 Å². The average Bonchev–Trinajstić information content (AvgIpc) is 2.96. The van der Waals surface area contributed by atoms with Crippen LogP contribution in [0.3, 0.4) is 0 Å². The number of halogens is 3. The van der Waals surface area contributed by atoms with Gasteiger partial charge in [-0.3, -0.25) is 4.90 Å². The molecule has 3 nitrogen and oxygen atoms in total. The van der Waals surface area contributed by atoms with Crippen molar-refractivity contribution in [2.75, 3.05) is 11.5 Å². The van der Waals surface area contributed by atoms with E-state index in [1.54, 1.807) is 6.07 Å². The summed E-state index contributed by atoms with van der Waals surface area (Å²) in [7, 11) is 0. The molecule has 1 fully saturated rings. The summed E-state index contributed by atoms with van der Waals surface area (Å²) in [4.78, 5) is 0.988. The zero-order valence-corrected chi connectivity index (χ0v) is 7.38. The van der Waals surface area contributed by atoms with E-state index in [2.05, 4.69) is 4.74 Å². The Morgan fingerprint density at radius 3 is 2.20 bits per heavy atom. The molecule has 0 saturated carbocycles. The number of anilines is 2. The predicted molar refractivity (Wildman–Crippen MR) is 45.0 cm³/mol. The molecule has 2 aliphatic rings. The molecule has 0 aliphatic carbocycles. The van der Waals surface area contributed by atoms with Crippen LogP contribution in [0.15, 0.2) is 18.2 Å². The highest BCUT2D eigenvalue weighted by molar-refractivity contribution is 5.90. The fourth-order valence-corrected chi connectivity index (χ4v) is 1.83. The quantitative estimate of drug-likeness (QED) is 0.732. The van der Waals surface area contributed by atoms with Crippen molar-refractivity contribution in [1.29, 1.82) is 0 Å². The largest absolute Gasteiger partial charge is 0.504 e. The van der Waals surface area contributed by atoms with E-state index >= 15 is 0 Å². The summed E-state index contributed by atoms with van der Waals surface area (Å²) in [6.45, 7) is -0.390. The van der Waals surface area contributed by atoms with Gasteiger partial charge in [0, 0.05) is 0 Å². The zero-order valence-electron chi connectivity index (χ0n) is 7.38. The molecular weight excluding hydrogens is 211 g/mol. The lowest BCUT2D eigenvalue weighted by atomic mass is 10.0. The highest BCUT2D eigenvalue weighted by atomic mass is 19.4. The van der Waals surface area contributed by atoms with E-state index < -0.39 is 18.5 Å². The summed E-state index contributed by atoms with van der Waals surface area (Å²) < 4.78 is 42.6. The molecular formula is C9H6F3NO2. The van der Waals surface area contributed by atoms with Gasteiger partial charge in [-0.15, -0.1) is 0 Å². The van der Waals surface area contributed by atoms with Gasteiger partial charge in [0.25, 0.3) is 5.72 Å². The van der Waals surface area contributed by atoms with Gasteiger partial charge in [-0.25, -0.2) is 0 Å². The molecule has 1 N–H and O–H groups in total. The molecule has 6 heteroatoms. The topological polar surface area (TPSA) is 36.0 Å². The van der Waals surface area contributed by atoms with Gasteiger partial charge in [0.15, 0.2) is 5.75 Å². The fraction of sp³-hybridized carbons (Fsp3) is 0.333. The Labute approximate surface area is 82.7 Å². The van der Waals surface area contributed by atoms with Crippen molar-refractivity contribution >= 4 is 11.4 Å². The Morgan fingerprint density at radius 2 is 1.87 bits per heavy atom. The fourth-order valence-electron chi connectivity index (χ4n) is 1.83. The Kier molecular flexibility index (Phi) is 1.31. The van der Waals surface area contributed by atoms with Crippen LogP contribution in [0.25, 0.3) is 0 Å². The van der Waals surface area contributed by atoms with Crippen molar-refractivity contribution in [3.8, 4) is 5.75 Å². The van der Waals surface area contributed by atoms with E-state index in [1.165, 1.54) is 12.1 Å². The van der Waals surface area contributed by atoms with Crippen LogP contribution in [0.2, 0.25) is 0 Å². The summed E-state index contributed by atoms with van der Waals surface area (Å²) in [5.41, 5.74) is -1.91. The summed E-state index contributed by atoms with van der Waals surface area (Å²) in [6, 6.07) is 4.45. The average molecular weight is 217 g/mol. The number of phenols is 1. The second-order valence-electron chi connectivity index (χ2n) is 3.55. The van der Waals surface area contributed by atoms with Crippen LogP contribution in [-0.4, -0.2) is 23.6 Å². The van der Waals surface area contributed by atoms with Gasteiger partial charge in [-0.1, -0.05) is 6.07 Å². The molecule has 0 spiro atoms. The van der Waals surface area contributed by atoms with Crippen LogP contribution in [0.1, 0.15) is 0 Å². The maximum absolute atomic E-state index is 12.7. The first-order valence-electron chi connectivity index (χ1n) is 4.30. The van der Waals surface area contributed by atoms with Gasteiger partial charge in [-0.05, 0) is 12.1 Å². The molecule has 80 valence electrons. The first kappa shape index (κ1) is 8.84. The third-order valence-electron chi connectivity index (χ3n) is 2.70. The molecule has 2 aliphatic heterocycles. The Morgan fingerprint density at radius 1 is 1.33 bits per heavy atom. The number of fused-ring (bicyclic) bond motifs is 2. The van der Waals surface area contributed by atoms with Gasteiger partial charge in [0.05, 0.1) is 11.4 Å². The van der Waals surface area contributed by atoms with Crippen LogP contribution in [0.5, 0.6) is 5.75 Å². The SMILES string of the molecule is Oc1c2cccc1N2C1(C(F)(F)F)CO1. The van der Waals surface area contributed by atoms with Crippen molar-refractivity contribution in [2.24, 2.45) is 0 Å². The van der Waals surface area contributed by atoms with Crippen LogP contribution in [-0.2, 0) is 4.74 Å². The lowest BCUT2D eigenvalue weighted by Crippen LogP contribution is -2.49. The lowest BCUT2D eigenvalue weighted by Gasteiger charge is -2.39. The predicted octanol–water partition coefficient (Wildman–Crippen LogP) is 2.13. The summed E-state index contributed by atoms with van der Waals surface area (Å²) in [6.07, 6.45) is -4.46. The van der Waals surface area contributed by atoms with E-state index in [0.717, 1.165) is 4.90 Å². The molecule has 3 rings (SSSR count). The molecule has 0 radical (unpaired) electrons. The zero-order chi connectivity index (χ0) is 10.8. The number of rotatable bonds is 1. The normalized spacial score (nSPS) is 27.5. The Hall–Kier alpha value is -1.43. The number of aromatic hydroxyl groups is 1. The van der Waals surface area contributed by atoms with Gasteiger partial charge >= 0.3 is 6.18 Å². The van der Waals surface area contributed by atoms with Crippen molar-refractivity contribution in [3.05, 3.63) is 18.2 Å². The van der Waals surface area contributed by atoms with Crippen molar-refractivity contribution < 1.29 is 23.0 Å². The summed E-state index contributed by atoms with van der Waals surface area (Å²) >= 11 is 0. The lowest BCUT2D eigenvalue weighted by molar-refractivity contribution is -0.181. The first-order chi connectivity index (χ1) is 6.97. The van der Waals surface area contributed by atoms with E-state index in [4.69, 9.17) is 0 Å². The second kappa shape index (κ2) is 2.21. The minimum Gasteiger partial charge on any atom is -0.504 e. The minimum absolute atomic E-state index is 0.100. The van der Waals surface area contributed by atoms with E-state index in [1.807, 2.05) is 0 Å². The Bertz CT molecular complexity index is 417. The molecule has 1 saturated heterocycles. The number of benzene rings is 1. The molecule has 1 aromatic rings. The molecule has 2 bridgehead atoms. The molecule has 1 atom stereocenters. The minimum atomic E-state index is -4.46. The number of ether oxygens (including phenoxy) is 1. The number of epoxide rings is 1. The third kappa shape index (κ3) is 0.853.